The number of para-hydroxylation sites is 2. The Morgan fingerprint density at radius 1 is 1.20 bits per heavy atom. The Kier molecular flexibility index (Phi) is 5.26. The Hall–Kier alpha value is -2.50. The predicted molar refractivity (Wildman–Crippen MR) is 97.0 cm³/mol. The van der Waals surface area contributed by atoms with Gasteiger partial charge < -0.3 is 14.8 Å². The first-order valence-electron chi connectivity index (χ1n) is 7.51. The van der Waals surface area contributed by atoms with Gasteiger partial charge in [0.05, 0.1) is 16.9 Å². The second-order valence-corrected chi connectivity index (χ2v) is 6.15. The van der Waals surface area contributed by atoms with E-state index in [1.54, 1.807) is 42.6 Å². The fourth-order valence-corrected chi connectivity index (χ4v) is 2.75. The van der Waals surface area contributed by atoms with E-state index in [1.807, 2.05) is 0 Å². The number of nitrogens with one attached hydrogen (secondary N) is 1. The van der Waals surface area contributed by atoms with Gasteiger partial charge >= 0.3 is 0 Å². The standard InChI is InChI=1S/C18H14Cl2N2O3/c19-11-5-6-12(13(20)9-11)16-10-21-18(25-16)8-7-17(24)22-14-3-1-2-4-15(14)23/h1-6,9-10,23H,7-8H2,(H,22,24). The predicted octanol–water partition coefficient (Wildman–Crippen LogP) is 4.93. The fourth-order valence-electron chi connectivity index (χ4n) is 2.25. The van der Waals surface area contributed by atoms with Crippen molar-refractivity contribution in [2.75, 3.05) is 5.32 Å². The molecule has 0 saturated heterocycles. The van der Waals surface area contributed by atoms with Crippen LogP contribution in [0.5, 0.6) is 5.75 Å². The Bertz CT molecular complexity index is 909. The van der Waals surface area contributed by atoms with Crippen LogP contribution in [0.15, 0.2) is 53.1 Å². The van der Waals surface area contributed by atoms with Gasteiger partial charge in [-0.1, -0.05) is 35.3 Å². The number of amides is 1. The molecule has 2 N–H and O–H groups in total. The Labute approximate surface area is 154 Å². The van der Waals surface area contributed by atoms with Gasteiger partial charge in [0.2, 0.25) is 5.91 Å². The molecular weight excluding hydrogens is 363 g/mol. The van der Waals surface area contributed by atoms with Crippen LogP contribution in [0.3, 0.4) is 0 Å². The second-order valence-electron chi connectivity index (χ2n) is 5.31. The lowest BCUT2D eigenvalue weighted by Crippen LogP contribution is -2.12. The Morgan fingerprint density at radius 3 is 2.76 bits per heavy atom. The quantitative estimate of drug-likeness (QED) is 0.619. The third kappa shape index (κ3) is 4.32. The van der Waals surface area contributed by atoms with E-state index in [-0.39, 0.29) is 18.1 Å². The number of rotatable bonds is 5. The number of benzene rings is 2. The summed E-state index contributed by atoms with van der Waals surface area (Å²) < 4.78 is 5.65. The molecule has 7 heteroatoms. The topological polar surface area (TPSA) is 75.4 Å². The first-order chi connectivity index (χ1) is 12.0. The zero-order valence-corrected chi connectivity index (χ0v) is 14.5. The molecule has 0 atom stereocenters. The minimum absolute atomic E-state index is 0.0200. The number of phenolic OH excluding ortho intramolecular Hbond substituents is 1. The van der Waals surface area contributed by atoms with E-state index in [9.17, 15) is 9.90 Å². The van der Waals surface area contributed by atoms with Crippen LogP contribution in [-0.4, -0.2) is 16.0 Å². The van der Waals surface area contributed by atoms with Gasteiger partial charge in [-0.2, -0.15) is 0 Å². The molecule has 1 heterocycles. The van der Waals surface area contributed by atoms with Crippen LogP contribution in [0.4, 0.5) is 5.69 Å². The molecule has 1 aromatic heterocycles. The molecule has 3 rings (SSSR count). The zero-order chi connectivity index (χ0) is 17.8. The maximum atomic E-state index is 12.0. The Morgan fingerprint density at radius 2 is 2.00 bits per heavy atom. The highest BCUT2D eigenvalue weighted by molar-refractivity contribution is 6.36. The van der Waals surface area contributed by atoms with Crippen LogP contribution in [0.1, 0.15) is 12.3 Å². The number of hydrogen-bond donors (Lipinski definition) is 2. The first kappa shape index (κ1) is 17.3. The van der Waals surface area contributed by atoms with Gasteiger partial charge in [-0.05, 0) is 30.3 Å². The highest BCUT2D eigenvalue weighted by Gasteiger charge is 2.12. The van der Waals surface area contributed by atoms with E-state index in [2.05, 4.69) is 10.3 Å². The molecule has 0 bridgehead atoms. The number of aromatic nitrogens is 1. The SMILES string of the molecule is O=C(CCc1ncc(-c2ccc(Cl)cc2Cl)o1)Nc1ccccc1O. The first-order valence-corrected chi connectivity index (χ1v) is 8.26. The lowest BCUT2D eigenvalue weighted by Gasteiger charge is -2.06. The molecule has 2 aromatic carbocycles. The number of anilines is 1. The molecule has 0 unspecified atom stereocenters. The maximum absolute atomic E-state index is 12.0. The minimum Gasteiger partial charge on any atom is -0.506 e. The number of carbonyl (C=O) groups excluding carboxylic acids is 1. The van der Waals surface area contributed by atoms with Crippen molar-refractivity contribution in [3.63, 3.8) is 0 Å². The lowest BCUT2D eigenvalue weighted by atomic mass is 10.2. The summed E-state index contributed by atoms with van der Waals surface area (Å²) in [5, 5.41) is 13.3. The van der Waals surface area contributed by atoms with Crippen molar-refractivity contribution in [1.29, 1.82) is 0 Å². The van der Waals surface area contributed by atoms with E-state index in [4.69, 9.17) is 27.6 Å². The van der Waals surface area contributed by atoms with E-state index in [1.165, 1.54) is 6.07 Å². The highest BCUT2D eigenvalue weighted by atomic mass is 35.5. The van der Waals surface area contributed by atoms with E-state index in [0.29, 0.717) is 39.4 Å². The number of hydrogen-bond acceptors (Lipinski definition) is 4. The summed E-state index contributed by atoms with van der Waals surface area (Å²) in [6.45, 7) is 0. The molecule has 0 aliphatic rings. The summed E-state index contributed by atoms with van der Waals surface area (Å²) in [7, 11) is 0. The van der Waals surface area contributed by atoms with E-state index >= 15 is 0 Å². The summed E-state index contributed by atoms with van der Waals surface area (Å²) in [5.74, 6) is 0.712. The molecule has 0 spiro atoms. The summed E-state index contributed by atoms with van der Waals surface area (Å²) >= 11 is 12.0. The fraction of sp³-hybridized carbons (Fsp3) is 0.111. The number of nitrogens with zero attached hydrogens (tertiary/aromatic N) is 1. The minimum atomic E-state index is -0.245. The van der Waals surface area contributed by atoms with Gasteiger partial charge in [-0.25, -0.2) is 4.98 Å². The highest BCUT2D eigenvalue weighted by Crippen LogP contribution is 2.31. The number of oxazole rings is 1. The van der Waals surface area contributed by atoms with Gasteiger partial charge in [-0.15, -0.1) is 0 Å². The van der Waals surface area contributed by atoms with Gasteiger partial charge in [0, 0.05) is 23.4 Å². The van der Waals surface area contributed by atoms with Crippen LogP contribution >= 0.6 is 23.2 Å². The smallest absolute Gasteiger partial charge is 0.224 e. The van der Waals surface area contributed by atoms with Crippen LogP contribution in [0, 0.1) is 0 Å². The van der Waals surface area contributed by atoms with E-state index < -0.39 is 0 Å². The number of aryl methyl sites for hydroxylation is 1. The largest absolute Gasteiger partial charge is 0.506 e. The molecule has 0 fully saturated rings. The number of carbonyl (C=O) groups is 1. The number of halogens is 2. The monoisotopic (exact) mass is 376 g/mol. The van der Waals surface area contributed by atoms with Crippen LogP contribution in [0.2, 0.25) is 10.0 Å². The van der Waals surface area contributed by atoms with Crippen molar-refractivity contribution < 1.29 is 14.3 Å². The van der Waals surface area contributed by atoms with Gasteiger partial charge in [-0.3, -0.25) is 4.79 Å². The van der Waals surface area contributed by atoms with Gasteiger partial charge in [0.15, 0.2) is 11.7 Å². The average molecular weight is 377 g/mol. The van der Waals surface area contributed by atoms with Crippen LogP contribution in [-0.2, 0) is 11.2 Å². The number of aromatic hydroxyl groups is 1. The average Bonchev–Trinajstić information content (AvgIpc) is 3.04. The molecule has 0 saturated carbocycles. The summed E-state index contributed by atoms with van der Waals surface area (Å²) in [5.41, 5.74) is 1.05. The third-order valence-electron chi connectivity index (χ3n) is 3.49. The lowest BCUT2D eigenvalue weighted by molar-refractivity contribution is -0.116. The number of phenols is 1. The molecule has 0 radical (unpaired) electrons. The van der Waals surface area contributed by atoms with Crippen molar-refractivity contribution >= 4 is 34.8 Å². The third-order valence-corrected chi connectivity index (χ3v) is 4.04. The second kappa shape index (κ2) is 7.59. The van der Waals surface area contributed by atoms with Gasteiger partial charge in [0.1, 0.15) is 5.75 Å². The van der Waals surface area contributed by atoms with Crippen molar-refractivity contribution in [1.82, 2.24) is 4.98 Å². The van der Waals surface area contributed by atoms with E-state index in [0.717, 1.165) is 0 Å². The molecule has 3 aromatic rings. The van der Waals surface area contributed by atoms with Crippen molar-refractivity contribution in [2.45, 2.75) is 12.8 Å². The van der Waals surface area contributed by atoms with Crippen LogP contribution < -0.4 is 5.32 Å². The molecule has 0 aliphatic heterocycles. The molecule has 1 amide bonds. The molecule has 0 aliphatic carbocycles. The summed E-state index contributed by atoms with van der Waals surface area (Å²) in [6.07, 6.45) is 2.05. The molecule has 25 heavy (non-hydrogen) atoms. The summed E-state index contributed by atoms with van der Waals surface area (Å²) in [4.78, 5) is 16.1. The van der Waals surface area contributed by atoms with Crippen molar-refractivity contribution in [3.05, 3.63) is 64.6 Å². The zero-order valence-electron chi connectivity index (χ0n) is 13.0. The maximum Gasteiger partial charge on any atom is 0.224 e. The van der Waals surface area contributed by atoms with Gasteiger partial charge in [0.25, 0.3) is 0 Å². The normalized spacial score (nSPS) is 10.6. The summed E-state index contributed by atoms with van der Waals surface area (Å²) in [6, 6.07) is 11.6. The molecular formula is C18H14Cl2N2O3. The molecule has 5 nitrogen and oxygen atoms in total. The van der Waals surface area contributed by atoms with Crippen molar-refractivity contribution in [2.24, 2.45) is 0 Å². The molecule has 128 valence electrons. The van der Waals surface area contributed by atoms with Crippen LogP contribution in [0.25, 0.3) is 11.3 Å². The Balaban J connectivity index is 1.62. The van der Waals surface area contributed by atoms with Crippen molar-refractivity contribution in [3.8, 4) is 17.1 Å².